The fourth-order valence-electron chi connectivity index (χ4n) is 2.27. The van der Waals surface area contributed by atoms with E-state index < -0.39 is 6.10 Å². The molecule has 1 aromatic rings. The predicted octanol–water partition coefficient (Wildman–Crippen LogP) is 2.77. The summed E-state index contributed by atoms with van der Waals surface area (Å²) in [6.45, 7) is 6.50. The highest BCUT2D eigenvalue weighted by atomic mass is 16.3. The van der Waals surface area contributed by atoms with Crippen molar-refractivity contribution in [3.8, 4) is 0 Å². The first-order valence-electron chi connectivity index (χ1n) is 7.04. The van der Waals surface area contributed by atoms with E-state index in [9.17, 15) is 9.90 Å². The van der Waals surface area contributed by atoms with Crippen LogP contribution in [-0.2, 0) is 4.79 Å². The number of rotatable bonds is 7. The summed E-state index contributed by atoms with van der Waals surface area (Å²) in [4.78, 5) is 11.8. The lowest BCUT2D eigenvalue weighted by Crippen LogP contribution is -2.32. The Morgan fingerprint density at radius 3 is 2.68 bits per heavy atom. The van der Waals surface area contributed by atoms with Gasteiger partial charge in [-0.15, -0.1) is 0 Å². The number of aliphatic hydroxyl groups is 1. The molecule has 0 saturated heterocycles. The Labute approximate surface area is 116 Å². The molecule has 0 aromatic heterocycles. The topological polar surface area (TPSA) is 49.3 Å². The normalized spacial score (nSPS) is 13.9. The Balaban J connectivity index is 2.42. The first-order chi connectivity index (χ1) is 9.04. The molecule has 106 valence electrons. The third-order valence-corrected chi connectivity index (χ3v) is 3.37. The van der Waals surface area contributed by atoms with Crippen LogP contribution < -0.4 is 5.32 Å². The predicted molar refractivity (Wildman–Crippen MR) is 78.1 cm³/mol. The van der Waals surface area contributed by atoms with E-state index in [-0.39, 0.29) is 11.8 Å². The molecule has 0 radical (unpaired) electrons. The van der Waals surface area contributed by atoms with Gasteiger partial charge in [0.1, 0.15) is 0 Å². The average Bonchev–Trinajstić information content (AvgIpc) is 2.37. The van der Waals surface area contributed by atoms with Crippen molar-refractivity contribution < 1.29 is 9.90 Å². The molecular formula is C16H25NO2. The quantitative estimate of drug-likeness (QED) is 0.794. The molecule has 0 saturated carbocycles. The second-order valence-electron chi connectivity index (χ2n) is 5.21. The Morgan fingerprint density at radius 2 is 2.05 bits per heavy atom. The highest BCUT2D eigenvalue weighted by Gasteiger charge is 2.13. The Bertz CT molecular complexity index is 403. The number of amides is 1. The van der Waals surface area contributed by atoms with E-state index >= 15 is 0 Å². The zero-order chi connectivity index (χ0) is 14.3. The van der Waals surface area contributed by atoms with Gasteiger partial charge in [-0.1, -0.05) is 44.5 Å². The van der Waals surface area contributed by atoms with Crippen molar-refractivity contribution in [1.82, 2.24) is 5.32 Å². The van der Waals surface area contributed by atoms with E-state index in [1.165, 1.54) is 11.1 Å². The number of hydrogen-bond donors (Lipinski definition) is 2. The van der Waals surface area contributed by atoms with E-state index in [1.807, 2.05) is 19.1 Å². The van der Waals surface area contributed by atoms with Gasteiger partial charge in [-0.3, -0.25) is 4.79 Å². The summed E-state index contributed by atoms with van der Waals surface area (Å²) < 4.78 is 0. The maximum absolute atomic E-state index is 11.8. The lowest BCUT2D eigenvalue weighted by Gasteiger charge is -2.15. The molecule has 0 spiro atoms. The SMILES string of the molecule is CCCC(O)CNC(=O)CC(C)c1ccccc1C. The van der Waals surface area contributed by atoms with Crippen LogP contribution >= 0.6 is 0 Å². The van der Waals surface area contributed by atoms with Crippen molar-refractivity contribution >= 4 is 5.91 Å². The summed E-state index contributed by atoms with van der Waals surface area (Å²) >= 11 is 0. The second kappa shape index (κ2) is 7.95. The molecule has 2 N–H and O–H groups in total. The zero-order valence-electron chi connectivity index (χ0n) is 12.1. The molecule has 0 aliphatic rings. The molecule has 3 heteroatoms. The molecule has 3 nitrogen and oxygen atoms in total. The monoisotopic (exact) mass is 263 g/mol. The highest BCUT2D eigenvalue weighted by molar-refractivity contribution is 5.76. The Hall–Kier alpha value is -1.35. The van der Waals surface area contributed by atoms with Crippen molar-refractivity contribution in [2.24, 2.45) is 0 Å². The van der Waals surface area contributed by atoms with Crippen LogP contribution in [0.1, 0.15) is 50.2 Å². The lowest BCUT2D eigenvalue weighted by molar-refractivity contribution is -0.121. The Morgan fingerprint density at radius 1 is 1.37 bits per heavy atom. The van der Waals surface area contributed by atoms with Crippen molar-refractivity contribution in [1.29, 1.82) is 0 Å². The first kappa shape index (κ1) is 15.7. The number of aliphatic hydroxyl groups excluding tert-OH is 1. The van der Waals surface area contributed by atoms with Gasteiger partial charge in [0.05, 0.1) is 6.10 Å². The van der Waals surface area contributed by atoms with Gasteiger partial charge in [0.15, 0.2) is 0 Å². The molecule has 0 aliphatic carbocycles. The number of hydrogen-bond acceptors (Lipinski definition) is 2. The summed E-state index contributed by atoms with van der Waals surface area (Å²) in [5, 5.41) is 12.4. The summed E-state index contributed by atoms with van der Waals surface area (Å²) in [7, 11) is 0. The third kappa shape index (κ3) is 5.43. The van der Waals surface area contributed by atoms with Gasteiger partial charge >= 0.3 is 0 Å². The fourth-order valence-corrected chi connectivity index (χ4v) is 2.27. The smallest absolute Gasteiger partial charge is 0.220 e. The number of carbonyl (C=O) groups is 1. The molecule has 0 heterocycles. The van der Waals surface area contributed by atoms with Crippen molar-refractivity contribution in [2.75, 3.05) is 6.54 Å². The lowest BCUT2D eigenvalue weighted by atomic mass is 9.93. The van der Waals surface area contributed by atoms with E-state index in [1.54, 1.807) is 0 Å². The van der Waals surface area contributed by atoms with Gasteiger partial charge in [0.25, 0.3) is 0 Å². The van der Waals surface area contributed by atoms with Gasteiger partial charge < -0.3 is 10.4 Å². The minimum Gasteiger partial charge on any atom is -0.391 e. The van der Waals surface area contributed by atoms with Crippen LogP contribution in [0.15, 0.2) is 24.3 Å². The van der Waals surface area contributed by atoms with Crippen LogP contribution in [0.2, 0.25) is 0 Å². The maximum Gasteiger partial charge on any atom is 0.220 e. The molecule has 1 amide bonds. The molecule has 1 aromatic carbocycles. The van der Waals surface area contributed by atoms with E-state index in [0.29, 0.717) is 13.0 Å². The molecule has 0 bridgehead atoms. The average molecular weight is 263 g/mol. The standard InChI is InChI=1S/C16H25NO2/c1-4-7-14(18)11-17-16(19)10-13(3)15-9-6-5-8-12(15)2/h5-6,8-9,13-14,18H,4,7,10-11H2,1-3H3,(H,17,19). The number of benzene rings is 1. The molecule has 1 rings (SSSR count). The Kier molecular flexibility index (Phi) is 6.57. The third-order valence-electron chi connectivity index (χ3n) is 3.37. The molecule has 0 aliphatic heterocycles. The number of aryl methyl sites for hydroxylation is 1. The van der Waals surface area contributed by atoms with Crippen molar-refractivity contribution in [2.45, 2.75) is 52.1 Å². The van der Waals surface area contributed by atoms with Gasteiger partial charge in [-0.05, 0) is 30.4 Å². The zero-order valence-corrected chi connectivity index (χ0v) is 12.1. The minimum absolute atomic E-state index is 0.00547. The molecule has 2 atom stereocenters. The van der Waals surface area contributed by atoms with Crippen molar-refractivity contribution in [3.63, 3.8) is 0 Å². The molecule has 2 unspecified atom stereocenters. The van der Waals surface area contributed by atoms with Crippen LogP contribution in [0.25, 0.3) is 0 Å². The van der Waals surface area contributed by atoms with E-state index in [4.69, 9.17) is 0 Å². The summed E-state index contributed by atoms with van der Waals surface area (Å²) in [5.41, 5.74) is 2.43. The molecular weight excluding hydrogens is 238 g/mol. The van der Waals surface area contributed by atoms with Gasteiger partial charge in [0, 0.05) is 13.0 Å². The number of nitrogens with one attached hydrogen (secondary N) is 1. The minimum atomic E-state index is -0.428. The summed E-state index contributed by atoms with van der Waals surface area (Å²) in [6, 6.07) is 8.14. The largest absolute Gasteiger partial charge is 0.391 e. The van der Waals surface area contributed by atoms with Crippen LogP contribution in [0, 0.1) is 6.92 Å². The highest BCUT2D eigenvalue weighted by Crippen LogP contribution is 2.22. The number of carbonyl (C=O) groups excluding carboxylic acids is 1. The maximum atomic E-state index is 11.8. The van der Waals surface area contributed by atoms with Crippen molar-refractivity contribution in [3.05, 3.63) is 35.4 Å². The molecule has 0 fully saturated rings. The van der Waals surface area contributed by atoms with E-state index in [0.717, 1.165) is 12.8 Å². The fraction of sp³-hybridized carbons (Fsp3) is 0.562. The first-order valence-corrected chi connectivity index (χ1v) is 7.04. The van der Waals surface area contributed by atoms with Crippen LogP contribution in [0.5, 0.6) is 0 Å². The van der Waals surface area contributed by atoms with Gasteiger partial charge in [0.2, 0.25) is 5.91 Å². The van der Waals surface area contributed by atoms with Gasteiger partial charge in [-0.2, -0.15) is 0 Å². The van der Waals surface area contributed by atoms with E-state index in [2.05, 4.69) is 31.3 Å². The second-order valence-corrected chi connectivity index (χ2v) is 5.21. The van der Waals surface area contributed by atoms with Crippen LogP contribution in [0.4, 0.5) is 0 Å². The van der Waals surface area contributed by atoms with Gasteiger partial charge in [-0.25, -0.2) is 0 Å². The molecule has 19 heavy (non-hydrogen) atoms. The summed E-state index contributed by atoms with van der Waals surface area (Å²) in [6.07, 6.45) is 1.69. The summed E-state index contributed by atoms with van der Waals surface area (Å²) in [5.74, 6) is 0.204. The van der Waals surface area contributed by atoms with Crippen LogP contribution in [0.3, 0.4) is 0 Å². The van der Waals surface area contributed by atoms with Crippen LogP contribution in [-0.4, -0.2) is 23.7 Å².